The summed E-state index contributed by atoms with van der Waals surface area (Å²) in [7, 11) is 0. The SMILES string of the molecule is Cc1cccc(C(=O)N(CCC#N)c2ccccc2)n1. The predicted molar refractivity (Wildman–Crippen MR) is 77.3 cm³/mol. The highest BCUT2D eigenvalue weighted by molar-refractivity contribution is 6.04. The molecule has 1 aromatic carbocycles. The summed E-state index contributed by atoms with van der Waals surface area (Å²) in [6.45, 7) is 2.20. The molecule has 1 heterocycles. The average Bonchev–Trinajstić information content (AvgIpc) is 2.48. The smallest absolute Gasteiger partial charge is 0.276 e. The monoisotopic (exact) mass is 265 g/mol. The minimum absolute atomic E-state index is 0.185. The van der Waals surface area contributed by atoms with Crippen LogP contribution in [0.4, 0.5) is 5.69 Å². The van der Waals surface area contributed by atoms with Crippen molar-refractivity contribution in [3.8, 4) is 6.07 Å². The van der Waals surface area contributed by atoms with Crippen LogP contribution in [-0.2, 0) is 0 Å². The van der Waals surface area contributed by atoms with Gasteiger partial charge in [0.2, 0.25) is 0 Å². The minimum atomic E-state index is -0.185. The Labute approximate surface area is 118 Å². The summed E-state index contributed by atoms with van der Waals surface area (Å²) < 4.78 is 0. The molecule has 100 valence electrons. The van der Waals surface area contributed by atoms with E-state index in [-0.39, 0.29) is 12.3 Å². The van der Waals surface area contributed by atoms with Gasteiger partial charge in [0.25, 0.3) is 5.91 Å². The van der Waals surface area contributed by atoms with Gasteiger partial charge in [-0.1, -0.05) is 24.3 Å². The van der Waals surface area contributed by atoms with E-state index in [4.69, 9.17) is 5.26 Å². The van der Waals surface area contributed by atoms with Crippen LogP contribution in [0.15, 0.2) is 48.5 Å². The van der Waals surface area contributed by atoms with Gasteiger partial charge in [0.15, 0.2) is 0 Å². The zero-order valence-corrected chi connectivity index (χ0v) is 11.3. The van der Waals surface area contributed by atoms with Gasteiger partial charge >= 0.3 is 0 Å². The third kappa shape index (κ3) is 3.21. The summed E-state index contributed by atoms with van der Waals surface area (Å²) in [6, 6.07) is 16.7. The molecule has 0 atom stereocenters. The van der Waals surface area contributed by atoms with Gasteiger partial charge in [0, 0.05) is 17.9 Å². The highest BCUT2D eigenvalue weighted by Crippen LogP contribution is 2.16. The number of hydrogen-bond acceptors (Lipinski definition) is 3. The van der Waals surface area contributed by atoms with Crippen LogP contribution in [0.1, 0.15) is 22.6 Å². The molecule has 0 fully saturated rings. The fraction of sp³-hybridized carbons (Fsp3) is 0.188. The van der Waals surface area contributed by atoms with E-state index in [1.807, 2.05) is 49.4 Å². The van der Waals surface area contributed by atoms with Gasteiger partial charge in [-0.05, 0) is 31.2 Å². The number of anilines is 1. The Balaban J connectivity index is 2.32. The summed E-state index contributed by atoms with van der Waals surface area (Å²) in [4.78, 5) is 18.4. The number of aromatic nitrogens is 1. The number of carbonyl (C=O) groups excluding carboxylic acids is 1. The fourth-order valence-corrected chi connectivity index (χ4v) is 1.92. The molecule has 0 unspecified atom stereocenters. The molecule has 0 aliphatic carbocycles. The van der Waals surface area contributed by atoms with Crippen LogP contribution < -0.4 is 4.90 Å². The molecule has 4 heteroatoms. The van der Waals surface area contributed by atoms with Gasteiger partial charge < -0.3 is 4.90 Å². The van der Waals surface area contributed by atoms with E-state index in [2.05, 4.69) is 11.1 Å². The topological polar surface area (TPSA) is 57.0 Å². The van der Waals surface area contributed by atoms with Crippen LogP contribution in [0, 0.1) is 18.3 Å². The van der Waals surface area contributed by atoms with Crippen molar-refractivity contribution in [2.75, 3.05) is 11.4 Å². The summed E-state index contributed by atoms with van der Waals surface area (Å²) in [6.07, 6.45) is 0.284. The number of nitrogens with zero attached hydrogens (tertiary/aromatic N) is 3. The number of aryl methyl sites for hydroxylation is 1. The van der Waals surface area contributed by atoms with E-state index < -0.39 is 0 Å². The molecule has 0 N–H and O–H groups in total. The Morgan fingerprint density at radius 2 is 1.95 bits per heavy atom. The number of rotatable bonds is 4. The first-order valence-corrected chi connectivity index (χ1v) is 6.40. The van der Waals surface area contributed by atoms with E-state index >= 15 is 0 Å². The molecule has 1 aromatic heterocycles. The van der Waals surface area contributed by atoms with Crippen molar-refractivity contribution in [2.45, 2.75) is 13.3 Å². The molecular weight excluding hydrogens is 250 g/mol. The van der Waals surface area contributed by atoms with Crippen LogP contribution in [0.25, 0.3) is 0 Å². The fourth-order valence-electron chi connectivity index (χ4n) is 1.92. The molecule has 20 heavy (non-hydrogen) atoms. The maximum Gasteiger partial charge on any atom is 0.276 e. The largest absolute Gasteiger partial charge is 0.306 e. The Hall–Kier alpha value is -2.67. The molecule has 0 aliphatic rings. The number of pyridine rings is 1. The van der Waals surface area contributed by atoms with Crippen molar-refractivity contribution in [3.05, 3.63) is 59.9 Å². The van der Waals surface area contributed by atoms with Crippen molar-refractivity contribution in [3.63, 3.8) is 0 Å². The molecular formula is C16H15N3O. The normalized spacial score (nSPS) is 9.80. The first-order valence-electron chi connectivity index (χ1n) is 6.40. The molecule has 2 aromatic rings. The zero-order valence-electron chi connectivity index (χ0n) is 11.3. The average molecular weight is 265 g/mol. The maximum absolute atomic E-state index is 12.6. The zero-order chi connectivity index (χ0) is 14.4. The highest BCUT2D eigenvalue weighted by Gasteiger charge is 2.18. The third-order valence-corrected chi connectivity index (χ3v) is 2.87. The lowest BCUT2D eigenvalue weighted by atomic mass is 10.2. The third-order valence-electron chi connectivity index (χ3n) is 2.87. The quantitative estimate of drug-likeness (QED) is 0.854. The predicted octanol–water partition coefficient (Wildman–Crippen LogP) is 2.95. The van der Waals surface area contributed by atoms with Gasteiger partial charge in [-0.25, -0.2) is 4.98 Å². The van der Waals surface area contributed by atoms with E-state index in [0.29, 0.717) is 12.2 Å². The molecule has 0 aliphatic heterocycles. The van der Waals surface area contributed by atoms with Gasteiger partial charge in [0.1, 0.15) is 5.69 Å². The second-order valence-electron chi connectivity index (χ2n) is 4.36. The Bertz CT molecular complexity index is 632. The number of benzene rings is 1. The summed E-state index contributed by atoms with van der Waals surface area (Å²) in [5.41, 5.74) is 1.96. The number of amides is 1. The number of nitriles is 1. The van der Waals surface area contributed by atoms with Crippen LogP contribution in [0.5, 0.6) is 0 Å². The van der Waals surface area contributed by atoms with E-state index in [1.165, 1.54) is 0 Å². The first-order chi connectivity index (χ1) is 9.72. The van der Waals surface area contributed by atoms with Gasteiger partial charge in [-0.2, -0.15) is 5.26 Å². The first kappa shape index (κ1) is 13.8. The van der Waals surface area contributed by atoms with Crippen LogP contribution in [0.2, 0.25) is 0 Å². The standard InChI is InChI=1S/C16H15N3O/c1-13-7-5-10-15(18-13)16(20)19(12-6-11-17)14-8-3-2-4-9-14/h2-5,7-10H,6,12H2,1H3. The molecule has 0 spiro atoms. The van der Waals surface area contributed by atoms with Crippen molar-refractivity contribution in [1.29, 1.82) is 5.26 Å². The number of hydrogen-bond donors (Lipinski definition) is 0. The van der Waals surface area contributed by atoms with E-state index in [9.17, 15) is 4.79 Å². The molecule has 0 saturated heterocycles. The molecule has 2 rings (SSSR count). The Morgan fingerprint density at radius 1 is 1.20 bits per heavy atom. The lowest BCUT2D eigenvalue weighted by Crippen LogP contribution is -2.32. The van der Waals surface area contributed by atoms with Crippen molar-refractivity contribution < 1.29 is 4.79 Å². The molecule has 1 amide bonds. The van der Waals surface area contributed by atoms with E-state index in [1.54, 1.807) is 11.0 Å². The minimum Gasteiger partial charge on any atom is -0.306 e. The second kappa shape index (κ2) is 6.48. The van der Waals surface area contributed by atoms with Gasteiger partial charge in [-0.3, -0.25) is 4.79 Å². The summed E-state index contributed by atoms with van der Waals surface area (Å²) in [5.74, 6) is -0.185. The molecule has 4 nitrogen and oxygen atoms in total. The van der Waals surface area contributed by atoms with Gasteiger partial charge in [0.05, 0.1) is 12.5 Å². The number of para-hydroxylation sites is 1. The van der Waals surface area contributed by atoms with Crippen molar-refractivity contribution in [2.24, 2.45) is 0 Å². The van der Waals surface area contributed by atoms with Gasteiger partial charge in [-0.15, -0.1) is 0 Å². The van der Waals surface area contributed by atoms with Crippen molar-refractivity contribution in [1.82, 2.24) is 4.98 Å². The Kier molecular flexibility index (Phi) is 4.46. The van der Waals surface area contributed by atoms with Crippen LogP contribution >= 0.6 is 0 Å². The maximum atomic E-state index is 12.6. The lowest BCUT2D eigenvalue weighted by molar-refractivity contribution is 0.0982. The second-order valence-corrected chi connectivity index (χ2v) is 4.36. The summed E-state index contributed by atoms with van der Waals surface area (Å²) >= 11 is 0. The van der Waals surface area contributed by atoms with Crippen LogP contribution in [-0.4, -0.2) is 17.4 Å². The van der Waals surface area contributed by atoms with E-state index in [0.717, 1.165) is 11.4 Å². The molecule has 0 radical (unpaired) electrons. The highest BCUT2D eigenvalue weighted by atomic mass is 16.2. The molecule has 0 saturated carbocycles. The van der Waals surface area contributed by atoms with Crippen molar-refractivity contribution >= 4 is 11.6 Å². The Morgan fingerprint density at radius 3 is 2.60 bits per heavy atom. The number of carbonyl (C=O) groups is 1. The molecule has 0 bridgehead atoms. The van der Waals surface area contributed by atoms with Crippen LogP contribution in [0.3, 0.4) is 0 Å². The lowest BCUT2D eigenvalue weighted by Gasteiger charge is -2.21. The summed E-state index contributed by atoms with van der Waals surface area (Å²) in [5, 5.41) is 8.75.